The molecule has 1 aliphatic heterocycles. The summed E-state index contributed by atoms with van der Waals surface area (Å²) in [5, 5.41) is 7.08. The second-order valence-electron chi connectivity index (χ2n) is 6.77. The summed E-state index contributed by atoms with van der Waals surface area (Å²) in [4.78, 5) is 28.5. The largest absolute Gasteiger partial charge is 0.417 e. The van der Waals surface area contributed by atoms with Crippen molar-refractivity contribution in [3.8, 4) is 0 Å². The van der Waals surface area contributed by atoms with E-state index >= 15 is 0 Å². The van der Waals surface area contributed by atoms with Gasteiger partial charge in [0, 0.05) is 24.2 Å². The molecular formula is C20H15FN4O4. The van der Waals surface area contributed by atoms with Gasteiger partial charge in [-0.2, -0.15) is 0 Å². The van der Waals surface area contributed by atoms with Crippen molar-refractivity contribution in [1.29, 1.82) is 0 Å². The van der Waals surface area contributed by atoms with Crippen LogP contribution in [0.2, 0.25) is 0 Å². The van der Waals surface area contributed by atoms with Crippen molar-refractivity contribution in [1.82, 2.24) is 15.0 Å². The monoisotopic (exact) mass is 394 g/mol. The molecule has 0 saturated carbocycles. The number of aromatic nitrogens is 2. The van der Waals surface area contributed by atoms with Gasteiger partial charge in [-0.25, -0.2) is 9.18 Å². The molecule has 4 aromatic rings. The zero-order chi connectivity index (χ0) is 20.0. The molecule has 9 heteroatoms. The van der Waals surface area contributed by atoms with Crippen LogP contribution < -0.4 is 11.1 Å². The molecule has 0 aliphatic carbocycles. The Labute approximate surface area is 162 Å². The summed E-state index contributed by atoms with van der Waals surface area (Å²) >= 11 is 0. The van der Waals surface area contributed by atoms with Crippen LogP contribution in [0.4, 0.5) is 15.9 Å². The highest BCUT2D eigenvalue weighted by molar-refractivity contribution is 5.97. The number of aromatic amines is 1. The molecule has 2 aromatic heterocycles. The Morgan fingerprint density at radius 2 is 2.14 bits per heavy atom. The summed E-state index contributed by atoms with van der Waals surface area (Å²) in [6.07, 6.45) is 0.518. The summed E-state index contributed by atoms with van der Waals surface area (Å²) in [6.45, 7) is 0.773. The topological polar surface area (TPSA) is 104 Å². The van der Waals surface area contributed by atoms with Crippen molar-refractivity contribution >= 4 is 28.5 Å². The predicted molar refractivity (Wildman–Crippen MR) is 101 cm³/mol. The highest BCUT2D eigenvalue weighted by Crippen LogP contribution is 2.29. The van der Waals surface area contributed by atoms with Gasteiger partial charge in [0.2, 0.25) is 0 Å². The molecule has 3 heterocycles. The number of oxazole rings is 1. The number of amides is 1. The number of halogens is 1. The fourth-order valence-electron chi connectivity index (χ4n) is 3.45. The zero-order valence-corrected chi connectivity index (χ0v) is 15.1. The molecular weight excluding hydrogens is 379 g/mol. The van der Waals surface area contributed by atoms with Gasteiger partial charge in [0.05, 0.1) is 17.6 Å². The molecule has 5 rings (SSSR count). The smallest absolute Gasteiger partial charge is 0.408 e. The predicted octanol–water partition coefficient (Wildman–Crippen LogP) is 3.19. The van der Waals surface area contributed by atoms with Crippen molar-refractivity contribution < 1.29 is 18.1 Å². The van der Waals surface area contributed by atoms with Gasteiger partial charge in [-0.1, -0.05) is 11.2 Å². The number of hydrogen-bond donors (Lipinski definition) is 2. The molecule has 8 nitrogen and oxygen atoms in total. The molecule has 2 N–H and O–H groups in total. The minimum atomic E-state index is -0.565. The highest BCUT2D eigenvalue weighted by Gasteiger charge is 2.28. The van der Waals surface area contributed by atoms with Crippen molar-refractivity contribution in [2.75, 3.05) is 11.9 Å². The summed E-state index contributed by atoms with van der Waals surface area (Å²) in [6, 6.07) is 10.8. The molecule has 29 heavy (non-hydrogen) atoms. The highest BCUT2D eigenvalue weighted by atomic mass is 19.1. The van der Waals surface area contributed by atoms with E-state index in [4.69, 9.17) is 8.94 Å². The lowest BCUT2D eigenvalue weighted by atomic mass is 10.1. The Kier molecular flexibility index (Phi) is 3.94. The quantitative estimate of drug-likeness (QED) is 0.553. The maximum atomic E-state index is 13.4. The SMILES string of the molecule is O=C(c1ccc2oc(=O)[nH]c2c1)N1CCc2onc(Nc3cccc(F)c3)c2C1. The third-order valence-corrected chi connectivity index (χ3v) is 4.87. The van der Waals surface area contributed by atoms with E-state index < -0.39 is 5.76 Å². The molecule has 1 aliphatic rings. The summed E-state index contributed by atoms with van der Waals surface area (Å²) < 4.78 is 23.8. The number of H-pyrrole nitrogens is 1. The van der Waals surface area contributed by atoms with Crippen LogP contribution in [0.25, 0.3) is 11.1 Å². The molecule has 0 unspecified atom stereocenters. The summed E-state index contributed by atoms with van der Waals surface area (Å²) in [5.74, 6) is 0.0411. The Morgan fingerprint density at radius 3 is 3.00 bits per heavy atom. The maximum Gasteiger partial charge on any atom is 0.417 e. The molecule has 1 amide bonds. The molecule has 2 aromatic carbocycles. The van der Waals surface area contributed by atoms with Gasteiger partial charge in [0.1, 0.15) is 11.6 Å². The summed E-state index contributed by atoms with van der Waals surface area (Å²) in [7, 11) is 0. The number of fused-ring (bicyclic) bond motifs is 2. The average Bonchev–Trinajstić information content (AvgIpc) is 3.28. The second kappa shape index (κ2) is 6.62. The fraction of sp³-hybridized carbons (Fsp3) is 0.150. The minimum Gasteiger partial charge on any atom is -0.408 e. The first-order valence-electron chi connectivity index (χ1n) is 8.99. The number of benzene rings is 2. The van der Waals surface area contributed by atoms with Crippen molar-refractivity contribution in [2.45, 2.75) is 13.0 Å². The molecule has 0 radical (unpaired) electrons. The van der Waals surface area contributed by atoms with Gasteiger partial charge in [-0.05, 0) is 36.4 Å². The van der Waals surface area contributed by atoms with Crippen LogP contribution in [0.5, 0.6) is 0 Å². The molecule has 0 spiro atoms. The summed E-state index contributed by atoms with van der Waals surface area (Å²) in [5.41, 5.74) is 2.60. The minimum absolute atomic E-state index is 0.183. The number of nitrogens with one attached hydrogen (secondary N) is 2. The van der Waals surface area contributed by atoms with Crippen LogP contribution in [0.1, 0.15) is 21.7 Å². The normalized spacial score (nSPS) is 13.5. The van der Waals surface area contributed by atoms with Crippen molar-refractivity contribution in [3.63, 3.8) is 0 Å². The van der Waals surface area contributed by atoms with E-state index in [0.29, 0.717) is 53.4 Å². The number of rotatable bonds is 3. The van der Waals surface area contributed by atoms with E-state index in [1.165, 1.54) is 12.1 Å². The van der Waals surface area contributed by atoms with Crippen LogP contribution in [0, 0.1) is 5.82 Å². The van der Waals surface area contributed by atoms with Crippen molar-refractivity contribution in [2.24, 2.45) is 0 Å². The number of hydrogen-bond acceptors (Lipinski definition) is 6. The van der Waals surface area contributed by atoms with Gasteiger partial charge < -0.3 is 19.2 Å². The van der Waals surface area contributed by atoms with Crippen LogP contribution in [-0.4, -0.2) is 27.5 Å². The Balaban J connectivity index is 1.40. The maximum absolute atomic E-state index is 13.4. The van der Waals surface area contributed by atoms with Gasteiger partial charge in [-0.3, -0.25) is 9.78 Å². The Morgan fingerprint density at radius 1 is 1.24 bits per heavy atom. The first-order valence-corrected chi connectivity index (χ1v) is 8.99. The van der Waals surface area contributed by atoms with Crippen LogP contribution in [-0.2, 0) is 13.0 Å². The molecule has 0 fully saturated rings. The Bertz CT molecular complexity index is 1290. The molecule has 0 atom stereocenters. The zero-order valence-electron chi connectivity index (χ0n) is 15.1. The molecule has 146 valence electrons. The Hall–Kier alpha value is -3.88. The van der Waals surface area contributed by atoms with Crippen LogP contribution in [0.3, 0.4) is 0 Å². The van der Waals surface area contributed by atoms with Crippen molar-refractivity contribution in [3.05, 3.63) is 75.7 Å². The van der Waals surface area contributed by atoms with Gasteiger partial charge in [0.25, 0.3) is 5.91 Å². The first kappa shape index (κ1) is 17.2. The van der Waals surface area contributed by atoms with E-state index in [2.05, 4.69) is 15.5 Å². The van der Waals surface area contributed by atoms with E-state index in [9.17, 15) is 14.0 Å². The standard InChI is InChI=1S/C20H15FN4O4/c21-12-2-1-3-13(9-12)22-18-14-10-25(7-6-16(14)29-24-18)19(26)11-4-5-17-15(8-11)23-20(27)28-17/h1-5,8-9H,6-7,10H2,(H,22,24)(H,23,27). The van der Waals surface area contributed by atoms with E-state index in [1.54, 1.807) is 35.2 Å². The molecule has 0 bridgehead atoms. The van der Waals surface area contributed by atoms with Gasteiger partial charge in [0.15, 0.2) is 11.4 Å². The van der Waals surface area contributed by atoms with Gasteiger partial charge >= 0.3 is 5.76 Å². The molecule has 0 saturated heterocycles. The van der Waals surface area contributed by atoms with E-state index in [0.717, 1.165) is 5.56 Å². The number of carbonyl (C=O) groups is 1. The van der Waals surface area contributed by atoms with Crippen LogP contribution >= 0.6 is 0 Å². The third-order valence-electron chi connectivity index (χ3n) is 4.87. The van der Waals surface area contributed by atoms with Crippen LogP contribution in [0.15, 0.2) is 56.2 Å². The number of nitrogens with zero attached hydrogens (tertiary/aromatic N) is 2. The second-order valence-corrected chi connectivity index (χ2v) is 6.77. The third kappa shape index (κ3) is 3.16. The average molecular weight is 394 g/mol. The number of anilines is 2. The lowest BCUT2D eigenvalue weighted by Gasteiger charge is -2.26. The van der Waals surface area contributed by atoms with E-state index in [1.807, 2.05) is 0 Å². The lowest BCUT2D eigenvalue weighted by molar-refractivity contribution is 0.0729. The lowest BCUT2D eigenvalue weighted by Crippen LogP contribution is -2.35. The van der Waals surface area contributed by atoms with Gasteiger partial charge in [-0.15, -0.1) is 0 Å². The van der Waals surface area contributed by atoms with E-state index in [-0.39, 0.29) is 11.7 Å². The first-order chi connectivity index (χ1) is 14.1. The fourth-order valence-corrected chi connectivity index (χ4v) is 3.45. The number of carbonyl (C=O) groups excluding carboxylic acids is 1.